The second-order valence-corrected chi connectivity index (χ2v) is 6.96. The average Bonchev–Trinajstić information content (AvgIpc) is 3.10. The van der Waals surface area contributed by atoms with Crippen molar-refractivity contribution >= 4 is 5.91 Å². The topological polar surface area (TPSA) is 82.3 Å². The second kappa shape index (κ2) is 8.78. The van der Waals surface area contributed by atoms with Crippen molar-refractivity contribution in [2.45, 2.75) is 45.7 Å². The fraction of sp³-hybridized carbons (Fsp3) is 0.778. The molecule has 2 aliphatic rings. The number of fused-ring (bicyclic) bond motifs is 1. The van der Waals surface area contributed by atoms with E-state index in [2.05, 4.69) is 39.6 Å². The fourth-order valence-corrected chi connectivity index (χ4v) is 4.03. The van der Waals surface area contributed by atoms with Crippen LogP contribution in [0.2, 0.25) is 0 Å². The third-order valence-electron chi connectivity index (χ3n) is 5.60. The number of H-pyrrole nitrogens is 1. The molecule has 0 aliphatic carbocycles. The minimum Gasteiger partial charge on any atom is -0.379 e. The predicted octanol–water partition coefficient (Wildman–Crippen LogP) is 0.922. The summed E-state index contributed by atoms with van der Waals surface area (Å²) in [4.78, 5) is 15.2. The number of aromatic amines is 1. The van der Waals surface area contributed by atoms with Crippen molar-refractivity contribution < 1.29 is 9.53 Å². The van der Waals surface area contributed by atoms with Crippen LogP contribution in [0.25, 0.3) is 0 Å². The molecule has 3 rings (SSSR count). The van der Waals surface area contributed by atoms with Gasteiger partial charge in [0.25, 0.3) is 5.91 Å². The van der Waals surface area contributed by atoms with Crippen molar-refractivity contribution in [3.63, 3.8) is 0 Å². The monoisotopic (exact) mass is 349 g/mol. The van der Waals surface area contributed by atoms with Crippen LogP contribution in [-0.4, -0.2) is 66.4 Å². The van der Waals surface area contributed by atoms with Gasteiger partial charge in [-0.3, -0.25) is 14.8 Å². The van der Waals surface area contributed by atoms with Gasteiger partial charge in [0.2, 0.25) is 0 Å². The van der Waals surface area contributed by atoms with E-state index in [0.717, 1.165) is 63.4 Å². The first-order valence-corrected chi connectivity index (χ1v) is 9.61. The first-order chi connectivity index (χ1) is 12.2. The van der Waals surface area contributed by atoms with E-state index in [0.29, 0.717) is 30.7 Å². The maximum atomic E-state index is 12.7. The predicted molar refractivity (Wildman–Crippen MR) is 96.6 cm³/mol. The zero-order chi connectivity index (χ0) is 17.6. The quantitative estimate of drug-likeness (QED) is 0.682. The molecule has 3 heterocycles. The highest BCUT2D eigenvalue weighted by Gasteiger charge is 2.28. The summed E-state index contributed by atoms with van der Waals surface area (Å²) >= 11 is 0. The molecular weight excluding hydrogens is 318 g/mol. The highest BCUT2D eigenvalue weighted by molar-refractivity contribution is 5.94. The van der Waals surface area contributed by atoms with E-state index in [9.17, 15) is 4.79 Å². The zero-order valence-electron chi connectivity index (χ0n) is 15.4. The van der Waals surface area contributed by atoms with Crippen LogP contribution in [0, 0.1) is 5.92 Å². The van der Waals surface area contributed by atoms with Crippen molar-refractivity contribution in [3.8, 4) is 0 Å². The van der Waals surface area contributed by atoms with Gasteiger partial charge < -0.3 is 15.4 Å². The summed E-state index contributed by atoms with van der Waals surface area (Å²) in [5.74, 6) is 0.513. The summed E-state index contributed by atoms with van der Waals surface area (Å²) in [7, 11) is 0. The number of morpholine rings is 1. The van der Waals surface area contributed by atoms with Gasteiger partial charge in [0.15, 0.2) is 5.69 Å². The first kappa shape index (κ1) is 18.4. The maximum absolute atomic E-state index is 12.7. The normalized spacial score (nSPS) is 19.6. The molecule has 1 amide bonds. The Morgan fingerprint density at radius 2 is 2.08 bits per heavy atom. The number of carbonyl (C=O) groups is 1. The van der Waals surface area contributed by atoms with E-state index in [1.54, 1.807) is 0 Å². The molecule has 1 saturated heterocycles. The van der Waals surface area contributed by atoms with Gasteiger partial charge in [0, 0.05) is 56.4 Å². The zero-order valence-corrected chi connectivity index (χ0v) is 15.4. The van der Waals surface area contributed by atoms with Crippen LogP contribution in [0.3, 0.4) is 0 Å². The van der Waals surface area contributed by atoms with Gasteiger partial charge in [0.1, 0.15) is 0 Å². The molecule has 1 fully saturated rings. The van der Waals surface area contributed by atoms with E-state index >= 15 is 0 Å². The smallest absolute Gasteiger partial charge is 0.272 e. The summed E-state index contributed by atoms with van der Waals surface area (Å²) in [5.41, 5.74) is 2.66. The lowest BCUT2D eigenvalue weighted by molar-refractivity contribution is 0.00190. The molecule has 0 spiro atoms. The molecule has 140 valence electrons. The van der Waals surface area contributed by atoms with Crippen LogP contribution in [0.15, 0.2) is 0 Å². The van der Waals surface area contributed by atoms with Gasteiger partial charge in [-0.1, -0.05) is 26.7 Å². The van der Waals surface area contributed by atoms with Crippen molar-refractivity contribution in [2.75, 3.05) is 39.4 Å². The number of rotatable bonds is 7. The molecule has 1 atom stereocenters. The van der Waals surface area contributed by atoms with Crippen LogP contribution in [-0.2, 0) is 17.7 Å². The number of aromatic nitrogens is 2. The Labute approximate surface area is 149 Å². The molecule has 7 nitrogen and oxygen atoms in total. The number of ether oxygens (including phenoxy) is 1. The molecule has 1 aromatic rings. The largest absolute Gasteiger partial charge is 0.379 e. The number of nitrogens with zero attached hydrogens (tertiary/aromatic N) is 2. The van der Waals surface area contributed by atoms with Gasteiger partial charge in [-0.05, 0) is 5.92 Å². The molecule has 0 radical (unpaired) electrons. The van der Waals surface area contributed by atoms with E-state index in [1.807, 2.05) is 0 Å². The van der Waals surface area contributed by atoms with Crippen LogP contribution in [0.1, 0.15) is 48.4 Å². The molecular formula is C18H31N5O2. The highest BCUT2D eigenvalue weighted by atomic mass is 16.5. The van der Waals surface area contributed by atoms with Gasteiger partial charge in [-0.25, -0.2) is 0 Å². The number of hydrogen-bond acceptors (Lipinski definition) is 5. The standard InChI is InChI=1S/C18H31N5O2/c1-3-13(4-2)16(23-7-9-25-10-8-23)12-20-18(24)17-14-11-19-6-5-15(14)21-22-17/h13,16,19H,3-12H2,1-2H3,(H,20,24)(H,21,22). The Kier molecular flexibility index (Phi) is 6.45. The van der Waals surface area contributed by atoms with E-state index < -0.39 is 0 Å². The van der Waals surface area contributed by atoms with Crippen molar-refractivity contribution in [1.82, 2.24) is 25.7 Å². The molecule has 3 N–H and O–H groups in total. The van der Waals surface area contributed by atoms with Crippen molar-refractivity contribution in [3.05, 3.63) is 17.0 Å². The van der Waals surface area contributed by atoms with Crippen molar-refractivity contribution in [2.24, 2.45) is 5.92 Å². The number of nitrogens with one attached hydrogen (secondary N) is 3. The number of amides is 1. The Balaban J connectivity index is 1.65. The van der Waals surface area contributed by atoms with Gasteiger partial charge in [0.05, 0.1) is 13.2 Å². The number of carbonyl (C=O) groups excluding carboxylic acids is 1. The minimum atomic E-state index is -0.0644. The molecule has 1 unspecified atom stereocenters. The van der Waals surface area contributed by atoms with Crippen LogP contribution in [0.4, 0.5) is 0 Å². The van der Waals surface area contributed by atoms with Gasteiger partial charge in [-0.2, -0.15) is 5.10 Å². The molecule has 2 aliphatic heterocycles. The highest BCUT2D eigenvalue weighted by Crippen LogP contribution is 2.20. The summed E-state index contributed by atoms with van der Waals surface area (Å²) < 4.78 is 5.49. The van der Waals surface area contributed by atoms with E-state index in [4.69, 9.17) is 4.74 Å². The van der Waals surface area contributed by atoms with Crippen LogP contribution < -0.4 is 10.6 Å². The lowest BCUT2D eigenvalue weighted by atomic mass is 9.92. The molecule has 0 aromatic carbocycles. The summed E-state index contributed by atoms with van der Waals surface area (Å²) in [5, 5.41) is 13.8. The molecule has 0 bridgehead atoms. The molecule has 0 saturated carbocycles. The summed E-state index contributed by atoms with van der Waals surface area (Å²) in [6, 6.07) is 0.357. The van der Waals surface area contributed by atoms with Crippen LogP contribution >= 0.6 is 0 Å². The second-order valence-electron chi connectivity index (χ2n) is 6.96. The summed E-state index contributed by atoms with van der Waals surface area (Å²) in [6.45, 7) is 10.2. The minimum absolute atomic E-state index is 0.0644. The molecule has 1 aromatic heterocycles. The Morgan fingerprint density at radius 1 is 1.32 bits per heavy atom. The van der Waals surface area contributed by atoms with Crippen molar-refractivity contribution in [1.29, 1.82) is 0 Å². The Bertz CT molecular complexity index is 564. The van der Waals surface area contributed by atoms with Gasteiger partial charge >= 0.3 is 0 Å². The number of hydrogen-bond donors (Lipinski definition) is 3. The third kappa shape index (κ3) is 4.22. The van der Waals surface area contributed by atoms with Gasteiger partial charge in [-0.15, -0.1) is 0 Å². The molecule has 7 heteroatoms. The maximum Gasteiger partial charge on any atom is 0.272 e. The van der Waals surface area contributed by atoms with E-state index in [-0.39, 0.29) is 5.91 Å². The fourth-order valence-electron chi connectivity index (χ4n) is 4.03. The summed E-state index contributed by atoms with van der Waals surface area (Å²) in [6.07, 6.45) is 3.14. The van der Waals surface area contributed by atoms with E-state index in [1.165, 1.54) is 0 Å². The Morgan fingerprint density at radius 3 is 2.80 bits per heavy atom. The average molecular weight is 349 g/mol. The third-order valence-corrected chi connectivity index (χ3v) is 5.60. The lowest BCUT2D eigenvalue weighted by Gasteiger charge is -2.38. The SMILES string of the molecule is CCC(CC)C(CNC(=O)c1n[nH]c2c1CNCC2)N1CCOCC1. The molecule has 25 heavy (non-hydrogen) atoms. The lowest BCUT2D eigenvalue weighted by Crippen LogP contribution is -2.52. The van der Waals surface area contributed by atoms with Crippen LogP contribution in [0.5, 0.6) is 0 Å². The first-order valence-electron chi connectivity index (χ1n) is 9.61. The Hall–Kier alpha value is -1.44.